The summed E-state index contributed by atoms with van der Waals surface area (Å²) in [6.45, 7) is 7.59. The highest BCUT2D eigenvalue weighted by molar-refractivity contribution is 7.89. The largest absolute Gasteiger partial charge is 0.340 e. The molecule has 0 N–H and O–H groups in total. The zero-order valence-corrected chi connectivity index (χ0v) is 18.2. The summed E-state index contributed by atoms with van der Waals surface area (Å²) in [4.78, 5) is 18.8. The Bertz CT molecular complexity index is 932. The van der Waals surface area contributed by atoms with E-state index < -0.39 is 10.0 Å². The smallest absolute Gasteiger partial charge is 0.243 e. The van der Waals surface area contributed by atoms with Crippen LogP contribution in [0.2, 0.25) is 0 Å². The first-order valence-electron chi connectivity index (χ1n) is 10.1. The third kappa shape index (κ3) is 5.03. The molecule has 6 nitrogen and oxygen atoms in total. The van der Waals surface area contributed by atoms with Gasteiger partial charge >= 0.3 is 0 Å². The van der Waals surface area contributed by atoms with Crippen molar-refractivity contribution in [2.24, 2.45) is 0 Å². The van der Waals surface area contributed by atoms with Gasteiger partial charge in [-0.05, 0) is 48.6 Å². The minimum atomic E-state index is -3.54. The molecule has 2 heterocycles. The minimum absolute atomic E-state index is 0.00519. The van der Waals surface area contributed by atoms with Gasteiger partial charge in [-0.25, -0.2) is 8.42 Å². The molecule has 7 heteroatoms. The molecule has 1 aromatic carbocycles. The molecule has 1 aromatic heterocycles. The monoisotopic (exact) mass is 415 g/mol. The molecule has 0 saturated carbocycles. The molecule has 29 heavy (non-hydrogen) atoms. The number of hydrogen-bond donors (Lipinski definition) is 0. The van der Waals surface area contributed by atoms with Crippen LogP contribution in [0, 0.1) is 6.92 Å². The van der Waals surface area contributed by atoms with Crippen molar-refractivity contribution in [2.75, 3.05) is 26.2 Å². The lowest BCUT2D eigenvalue weighted by Crippen LogP contribution is -2.50. The van der Waals surface area contributed by atoms with Gasteiger partial charge in [0.05, 0.1) is 11.3 Å². The summed E-state index contributed by atoms with van der Waals surface area (Å²) >= 11 is 0. The van der Waals surface area contributed by atoms with Crippen molar-refractivity contribution in [3.05, 3.63) is 59.4 Å². The van der Waals surface area contributed by atoms with Crippen molar-refractivity contribution in [3.63, 3.8) is 0 Å². The number of aromatic nitrogens is 1. The van der Waals surface area contributed by atoms with Crippen LogP contribution in [0.5, 0.6) is 0 Å². The van der Waals surface area contributed by atoms with Gasteiger partial charge in [0.1, 0.15) is 0 Å². The van der Waals surface area contributed by atoms with Gasteiger partial charge in [0.15, 0.2) is 0 Å². The molecule has 1 unspecified atom stereocenters. The SMILES string of the molecule is CCC(C)c1ccc(S(=O)(=O)N2CCN(C(=O)Cc3ccc(C)nc3)CC2)cc1. The number of rotatable bonds is 6. The van der Waals surface area contributed by atoms with E-state index in [1.807, 2.05) is 31.2 Å². The van der Waals surface area contributed by atoms with Gasteiger partial charge < -0.3 is 4.90 Å². The van der Waals surface area contributed by atoms with Crippen molar-refractivity contribution >= 4 is 15.9 Å². The third-order valence-corrected chi connectivity index (χ3v) is 7.53. The van der Waals surface area contributed by atoms with Crippen LogP contribution in [0.4, 0.5) is 0 Å². The standard InChI is InChI=1S/C22H29N3O3S/c1-4-17(2)20-7-9-21(10-8-20)29(27,28)25-13-11-24(12-14-25)22(26)15-19-6-5-18(3)23-16-19/h5-10,16-17H,4,11-15H2,1-3H3. The van der Waals surface area contributed by atoms with Gasteiger partial charge in [-0.3, -0.25) is 9.78 Å². The Balaban J connectivity index is 1.60. The number of piperazine rings is 1. The van der Waals surface area contributed by atoms with E-state index in [1.165, 1.54) is 4.31 Å². The normalized spacial score (nSPS) is 16.6. The molecule has 1 aliphatic rings. The van der Waals surface area contributed by atoms with E-state index in [1.54, 1.807) is 23.2 Å². The first kappa shape index (κ1) is 21.5. The van der Waals surface area contributed by atoms with Crippen LogP contribution in [0.3, 0.4) is 0 Å². The van der Waals surface area contributed by atoms with Crippen molar-refractivity contribution in [2.45, 2.75) is 44.4 Å². The average molecular weight is 416 g/mol. The van der Waals surface area contributed by atoms with Crippen molar-refractivity contribution in [3.8, 4) is 0 Å². The molecular weight excluding hydrogens is 386 g/mol. The van der Waals surface area contributed by atoms with Crippen LogP contribution in [-0.4, -0.2) is 54.7 Å². The number of amides is 1. The van der Waals surface area contributed by atoms with E-state index in [0.29, 0.717) is 37.0 Å². The molecule has 0 bridgehead atoms. The van der Waals surface area contributed by atoms with Crippen molar-refractivity contribution in [1.29, 1.82) is 0 Å². The quantitative estimate of drug-likeness (QED) is 0.727. The number of aryl methyl sites for hydroxylation is 1. The lowest BCUT2D eigenvalue weighted by molar-refractivity contribution is -0.131. The van der Waals surface area contributed by atoms with Gasteiger partial charge in [0.25, 0.3) is 0 Å². The van der Waals surface area contributed by atoms with Crippen LogP contribution in [0.25, 0.3) is 0 Å². The summed E-state index contributed by atoms with van der Waals surface area (Å²) in [7, 11) is -3.54. The van der Waals surface area contributed by atoms with Gasteiger partial charge in [-0.15, -0.1) is 0 Å². The van der Waals surface area contributed by atoms with E-state index in [2.05, 4.69) is 18.8 Å². The summed E-state index contributed by atoms with van der Waals surface area (Å²) in [6.07, 6.45) is 3.02. The summed E-state index contributed by atoms with van der Waals surface area (Å²) in [5.74, 6) is 0.413. The molecule has 0 radical (unpaired) electrons. The van der Waals surface area contributed by atoms with E-state index in [0.717, 1.165) is 23.2 Å². The zero-order chi connectivity index (χ0) is 21.0. The van der Waals surface area contributed by atoms with Gasteiger partial charge in [-0.2, -0.15) is 4.31 Å². The highest BCUT2D eigenvalue weighted by Gasteiger charge is 2.30. The molecule has 3 rings (SSSR count). The number of carbonyl (C=O) groups excluding carboxylic acids is 1. The Hall–Kier alpha value is -2.25. The summed E-state index contributed by atoms with van der Waals surface area (Å²) < 4.78 is 27.4. The molecule has 2 aromatic rings. The number of benzene rings is 1. The van der Waals surface area contributed by atoms with E-state index in [4.69, 9.17) is 0 Å². The van der Waals surface area contributed by atoms with Crippen LogP contribution in [-0.2, 0) is 21.2 Å². The highest BCUT2D eigenvalue weighted by Crippen LogP contribution is 2.23. The van der Waals surface area contributed by atoms with Crippen molar-refractivity contribution in [1.82, 2.24) is 14.2 Å². The first-order chi connectivity index (χ1) is 13.8. The second-order valence-corrected chi connectivity index (χ2v) is 9.59. The Morgan fingerprint density at radius 2 is 1.72 bits per heavy atom. The highest BCUT2D eigenvalue weighted by atomic mass is 32.2. The minimum Gasteiger partial charge on any atom is -0.340 e. The maximum atomic E-state index is 13.0. The zero-order valence-electron chi connectivity index (χ0n) is 17.3. The van der Waals surface area contributed by atoms with E-state index in [9.17, 15) is 13.2 Å². The maximum Gasteiger partial charge on any atom is 0.243 e. The Labute approximate surface area is 173 Å². The predicted molar refractivity (Wildman–Crippen MR) is 113 cm³/mol. The van der Waals surface area contributed by atoms with Gasteiger partial charge in [-0.1, -0.05) is 32.0 Å². The molecule has 1 aliphatic heterocycles. The fourth-order valence-corrected chi connectivity index (χ4v) is 4.84. The molecule has 1 atom stereocenters. The molecule has 1 amide bonds. The number of pyridine rings is 1. The van der Waals surface area contributed by atoms with Crippen LogP contribution >= 0.6 is 0 Å². The molecule has 1 saturated heterocycles. The second kappa shape index (κ2) is 9.05. The number of nitrogens with zero attached hydrogens (tertiary/aromatic N) is 3. The van der Waals surface area contributed by atoms with Crippen LogP contribution in [0.15, 0.2) is 47.5 Å². The average Bonchev–Trinajstić information content (AvgIpc) is 2.75. The van der Waals surface area contributed by atoms with Crippen molar-refractivity contribution < 1.29 is 13.2 Å². The van der Waals surface area contributed by atoms with Gasteiger partial charge in [0.2, 0.25) is 15.9 Å². The first-order valence-corrected chi connectivity index (χ1v) is 11.5. The molecule has 156 valence electrons. The number of sulfonamides is 1. The van der Waals surface area contributed by atoms with Crippen LogP contribution < -0.4 is 0 Å². The fraction of sp³-hybridized carbons (Fsp3) is 0.455. The summed E-state index contributed by atoms with van der Waals surface area (Å²) in [6, 6.07) is 11.0. The predicted octanol–water partition coefficient (Wildman–Crippen LogP) is 2.98. The molecular formula is C22H29N3O3S. The maximum absolute atomic E-state index is 13.0. The molecule has 1 fully saturated rings. The van der Waals surface area contributed by atoms with E-state index >= 15 is 0 Å². The topological polar surface area (TPSA) is 70.6 Å². The third-order valence-electron chi connectivity index (χ3n) is 5.62. The lowest BCUT2D eigenvalue weighted by Gasteiger charge is -2.34. The van der Waals surface area contributed by atoms with Gasteiger partial charge in [0, 0.05) is 38.1 Å². The second-order valence-electron chi connectivity index (χ2n) is 7.65. The Morgan fingerprint density at radius 3 is 2.28 bits per heavy atom. The number of hydrogen-bond acceptors (Lipinski definition) is 4. The fourth-order valence-electron chi connectivity index (χ4n) is 3.42. The van der Waals surface area contributed by atoms with E-state index in [-0.39, 0.29) is 12.3 Å². The summed E-state index contributed by atoms with van der Waals surface area (Å²) in [5.41, 5.74) is 2.93. The Kier molecular flexibility index (Phi) is 6.70. The molecule has 0 aliphatic carbocycles. The number of carbonyl (C=O) groups is 1. The van der Waals surface area contributed by atoms with Crippen LogP contribution in [0.1, 0.15) is 43.0 Å². The summed E-state index contributed by atoms with van der Waals surface area (Å²) in [5, 5.41) is 0. The lowest BCUT2D eigenvalue weighted by atomic mass is 9.99. The Morgan fingerprint density at radius 1 is 1.07 bits per heavy atom. The molecule has 0 spiro atoms.